The smallest absolute Gasteiger partial charge is 0.226 e. The molecule has 3 rings (SSSR count). The average Bonchev–Trinajstić information content (AvgIpc) is 2.97. The summed E-state index contributed by atoms with van der Waals surface area (Å²) in [5.74, 6) is 0.00535. The van der Waals surface area contributed by atoms with Crippen LogP contribution >= 0.6 is 11.3 Å². The lowest BCUT2D eigenvalue weighted by Crippen LogP contribution is -2.33. The Balaban J connectivity index is 1.62. The van der Waals surface area contributed by atoms with E-state index in [9.17, 15) is 9.90 Å². The number of imidazole rings is 1. The molecule has 0 saturated heterocycles. The van der Waals surface area contributed by atoms with Crippen molar-refractivity contribution in [2.75, 3.05) is 13.2 Å². The van der Waals surface area contributed by atoms with Gasteiger partial charge in [0.25, 0.3) is 0 Å². The Morgan fingerprint density at radius 3 is 3.11 bits per heavy atom. The van der Waals surface area contributed by atoms with Gasteiger partial charge in [0.1, 0.15) is 0 Å². The molecule has 2 N–H and O–H groups in total. The summed E-state index contributed by atoms with van der Waals surface area (Å²) in [5.41, 5.74) is 1.89. The number of carbonyl (C=O) groups is 1. The lowest BCUT2D eigenvalue weighted by Gasteiger charge is -2.12. The molecule has 1 aliphatic carbocycles. The molecule has 102 valence electrons. The molecule has 1 saturated carbocycles. The number of nitrogens with zero attached hydrogens (tertiary/aromatic N) is 2. The van der Waals surface area contributed by atoms with E-state index in [1.165, 1.54) is 0 Å². The Labute approximate surface area is 115 Å². The van der Waals surface area contributed by atoms with Crippen molar-refractivity contribution in [1.82, 2.24) is 14.7 Å². The lowest BCUT2D eigenvalue weighted by atomic mass is 10.1. The highest BCUT2D eigenvalue weighted by atomic mass is 32.1. The first-order valence-electron chi connectivity index (χ1n) is 6.42. The molecule has 1 amide bonds. The van der Waals surface area contributed by atoms with Crippen molar-refractivity contribution in [3.63, 3.8) is 0 Å². The Hall–Kier alpha value is -1.40. The van der Waals surface area contributed by atoms with Crippen LogP contribution in [0.1, 0.15) is 24.2 Å². The fraction of sp³-hybridized carbons (Fsp3) is 0.538. The number of aliphatic hydroxyl groups excluding tert-OH is 1. The molecule has 0 radical (unpaired) electrons. The van der Waals surface area contributed by atoms with Crippen LogP contribution in [-0.4, -0.2) is 33.6 Å². The summed E-state index contributed by atoms with van der Waals surface area (Å²) in [6, 6.07) is 0. The van der Waals surface area contributed by atoms with Crippen LogP contribution in [0.15, 0.2) is 11.6 Å². The topological polar surface area (TPSA) is 66.6 Å². The highest BCUT2D eigenvalue weighted by Gasteiger charge is 2.42. The van der Waals surface area contributed by atoms with Gasteiger partial charge >= 0.3 is 0 Å². The van der Waals surface area contributed by atoms with Crippen molar-refractivity contribution in [2.24, 2.45) is 5.41 Å². The monoisotopic (exact) mass is 279 g/mol. The molecule has 0 atom stereocenters. The van der Waals surface area contributed by atoms with Crippen molar-refractivity contribution in [2.45, 2.75) is 26.2 Å². The fourth-order valence-corrected chi connectivity index (χ4v) is 3.07. The molecule has 2 heterocycles. The number of carbonyl (C=O) groups excluding carboxylic acids is 1. The number of aryl methyl sites for hydroxylation is 1. The quantitative estimate of drug-likeness (QED) is 0.862. The minimum atomic E-state index is -0.0365. The van der Waals surface area contributed by atoms with Gasteiger partial charge in [-0.2, -0.15) is 0 Å². The third-order valence-corrected chi connectivity index (χ3v) is 4.59. The molecule has 5 nitrogen and oxygen atoms in total. The fourth-order valence-electron chi connectivity index (χ4n) is 2.15. The molecule has 2 aromatic heterocycles. The summed E-state index contributed by atoms with van der Waals surface area (Å²) in [4.78, 5) is 17.2. The van der Waals surface area contributed by atoms with E-state index in [1.807, 2.05) is 22.9 Å². The van der Waals surface area contributed by atoms with Crippen LogP contribution in [-0.2, 0) is 11.2 Å². The molecule has 0 unspecified atom stereocenters. The molecule has 6 heteroatoms. The number of hydrogen-bond acceptors (Lipinski definition) is 4. The molecule has 0 aromatic carbocycles. The molecule has 0 aliphatic heterocycles. The largest absolute Gasteiger partial charge is 0.396 e. The van der Waals surface area contributed by atoms with E-state index in [1.54, 1.807) is 11.3 Å². The van der Waals surface area contributed by atoms with Gasteiger partial charge in [-0.05, 0) is 19.8 Å². The van der Waals surface area contributed by atoms with Crippen molar-refractivity contribution in [3.8, 4) is 0 Å². The van der Waals surface area contributed by atoms with Crippen LogP contribution in [0.25, 0.3) is 4.96 Å². The van der Waals surface area contributed by atoms with Crippen molar-refractivity contribution < 1.29 is 9.90 Å². The van der Waals surface area contributed by atoms with E-state index in [0.717, 1.165) is 29.2 Å². The van der Waals surface area contributed by atoms with E-state index in [-0.39, 0.29) is 17.9 Å². The third-order valence-electron chi connectivity index (χ3n) is 3.70. The number of amides is 1. The molecule has 0 spiro atoms. The Morgan fingerprint density at radius 1 is 1.63 bits per heavy atom. The maximum Gasteiger partial charge on any atom is 0.226 e. The number of aliphatic hydroxyl groups is 1. The predicted molar refractivity (Wildman–Crippen MR) is 73.3 cm³/mol. The average molecular weight is 279 g/mol. The summed E-state index contributed by atoms with van der Waals surface area (Å²) in [6.45, 7) is 2.69. The maximum atomic E-state index is 11.9. The molecule has 19 heavy (non-hydrogen) atoms. The first kappa shape index (κ1) is 12.6. The van der Waals surface area contributed by atoms with E-state index < -0.39 is 0 Å². The highest BCUT2D eigenvalue weighted by molar-refractivity contribution is 7.15. The maximum absolute atomic E-state index is 11.9. The van der Waals surface area contributed by atoms with Crippen molar-refractivity contribution in [1.29, 1.82) is 0 Å². The second-order valence-corrected chi connectivity index (χ2v) is 6.21. The predicted octanol–water partition coefficient (Wildman–Crippen LogP) is 1.14. The van der Waals surface area contributed by atoms with Gasteiger partial charge in [0, 0.05) is 29.2 Å². The zero-order chi connectivity index (χ0) is 13.5. The van der Waals surface area contributed by atoms with E-state index in [2.05, 4.69) is 10.3 Å². The van der Waals surface area contributed by atoms with E-state index in [0.29, 0.717) is 13.0 Å². The zero-order valence-corrected chi connectivity index (χ0v) is 11.7. The summed E-state index contributed by atoms with van der Waals surface area (Å²) in [6.07, 6.45) is 4.32. The molecular formula is C13H17N3O2S. The van der Waals surface area contributed by atoms with Crippen molar-refractivity contribution >= 4 is 22.2 Å². The van der Waals surface area contributed by atoms with Gasteiger partial charge in [0.15, 0.2) is 4.96 Å². The number of aromatic nitrogens is 2. The number of hydrogen-bond donors (Lipinski definition) is 2. The molecular weight excluding hydrogens is 262 g/mol. The van der Waals surface area contributed by atoms with Crippen LogP contribution in [0, 0.1) is 12.3 Å². The van der Waals surface area contributed by atoms with E-state index in [4.69, 9.17) is 0 Å². The van der Waals surface area contributed by atoms with Gasteiger partial charge in [-0.3, -0.25) is 9.20 Å². The molecule has 1 fully saturated rings. The second-order valence-electron chi connectivity index (χ2n) is 5.37. The van der Waals surface area contributed by atoms with Gasteiger partial charge in [0.2, 0.25) is 5.91 Å². The van der Waals surface area contributed by atoms with Crippen LogP contribution in [0.3, 0.4) is 0 Å². The van der Waals surface area contributed by atoms with Gasteiger partial charge < -0.3 is 10.4 Å². The third kappa shape index (κ3) is 2.50. The highest BCUT2D eigenvalue weighted by Crippen LogP contribution is 2.44. The Bertz CT molecular complexity index is 612. The van der Waals surface area contributed by atoms with Gasteiger partial charge in [-0.15, -0.1) is 11.3 Å². The van der Waals surface area contributed by atoms with Crippen molar-refractivity contribution in [3.05, 3.63) is 23.0 Å². The minimum absolute atomic E-state index is 0.00535. The SMILES string of the molecule is Cc1cn2c(CC(=O)NCC3(CO)CC3)csc2n1. The number of rotatable bonds is 5. The standard InChI is InChI=1S/C13H17N3O2S/c1-9-5-16-10(6-19-12(16)15-9)4-11(18)14-7-13(8-17)2-3-13/h5-6,17H,2-4,7-8H2,1H3,(H,14,18). The lowest BCUT2D eigenvalue weighted by molar-refractivity contribution is -0.120. The van der Waals surface area contributed by atoms with E-state index >= 15 is 0 Å². The van der Waals surface area contributed by atoms with Gasteiger partial charge in [0.05, 0.1) is 18.7 Å². The van der Waals surface area contributed by atoms with Crippen LogP contribution in [0.2, 0.25) is 0 Å². The van der Waals surface area contributed by atoms with Crippen LogP contribution < -0.4 is 5.32 Å². The first-order valence-corrected chi connectivity index (χ1v) is 7.29. The number of thiazole rings is 1. The van der Waals surface area contributed by atoms with Gasteiger partial charge in [-0.25, -0.2) is 4.98 Å². The summed E-state index contributed by atoms with van der Waals surface area (Å²) < 4.78 is 1.97. The first-order chi connectivity index (χ1) is 9.12. The minimum Gasteiger partial charge on any atom is -0.396 e. The second kappa shape index (κ2) is 4.61. The normalized spacial score (nSPS) is 16.7. The zero-order valence-electron chi connectivity index (χ0n) is 10.8. The number of fused-ring (bicyclic) bond motifs is 1. The Kier molecular flexibility index (Phi) is 3.06. The Morgan fingerprint density at radius 2 is 2.42 bits per heavy atom. The summed E-state index contributed by atoms with van der Waals surface area (Å²) in [7, 11) is 0. The molecule has 2 aromatic rings. The summed E-state index contributed by atoms with van der Waals surface area (Å²) >= 11 is 1.55. The summed E-state index contributed by atoms with van der Waals surface area (Å²) in [5, 5.41) is 14.1. The van der Waals surface area contributed by atoms with Gasteiger partial charge in [-0.1, -0.05) is 0 Å². The molecule has 0 bridgehead atoms. The molecule has 1 aliphatic rings. The van der Waals surface area contributed by atoms with Crippen LogP contribution in [0.5, 0.6) is 0 Å². The number of nitrogens with one attached hydrogen (secondary N) is 1. The van der Waals surface area contributed by atoms with Crippen LogP contribution in [0.4, 0.5) is 0 Å².